The maximum absolute atomic E-state index is 13.5. The lowest BCUT2D eigenvalue weighted by molar-refractivity contribution is -0.178. The molecule has 8 rings (SSSR count). The number of aliphatic hydroxyl groups is 1. The highest BCUT2D eigenvalue weighted by Crippen LogP contribution is 2.59. The summed E-state index contributed by atoms with van der Waals surface area (Å²) in [5, 5.41) is 4.93. The van der Waals surface area contributed by atoms with Crippen LogP contribution in [0.15, 0.2) is 106 Å². The van der Waals surface area contributed by atoms with Crippen molar-refractivity contribution in [1.29, 1.82) is 0 Å². The Morgan fingerprint density at radius 3 is 1.68 bits per heavy atom. The van der Waals surface area contributed by atoms with Crippen molar-refractivity contribution in [3.05, 3.63) is 91.0 Å². The summed E-state index contributed by atoms with van der Waals surface area (Å²) < 4.78 is 80.3. The van der Waals surface area contributed by atoms with E-state index in [1.807, 2.05) is 13.8 Å². The predicted molar refractivity (Wildman–Crippen MR) is 240 cm³/mol. The number of halogens is 2. The van der Waals surface area contributed by atoms with Gasteiger partial charge in [0.25, 0.3) is 0 Å². The van der Waals surface area contributed by atoms with Crippen LogP contribution < -0.4 is 0 Å². The lowest BCUT2D eigenvalue weighted by Crippen LogP contribution is -2.47. The summed E-state index contributed by atoms with van der Waals surface area (Å²) in [7, 11) is -6.08. The molecule has 5 aliphatic rings. The first kappa shape index (κ1) is 51.0. The molecule has 0 aromatic heterocycles. The Kier molecular flexibility index (Phi) is 16.5. The van der Waals surface area contributed by atoms with Crippen LogP contribution in [0.1, 0.15) is 105 Å². The van der Waals surface area contributed by atoms with E-state index in [4.69, 9.17) is 14.2 Å². The Hall–Kier alpha value is -4.38. The van der Waals surface area contributed by atoms with Gasteiger partial charge in [-0.25, -0.2) is 8.42 Å². The second kappa shape index (κ2) is 21.3. The molecule has 3 aromatic rings. The van der Waals surface area contributed by atoms with Gasteiger partial charge in [0.05, 0.1) is 41.2 Å². The van der Waals surface area contributed by atoms with Gasteiger partial charge in [-0.05, 0) is 100 Å². The van der Waals surface area contributed by atoms with E-state index >= 15 is 0 Å². The average Bonchev–Trinajstić information content (AvgIpc) is 4.12. The van der Waals surface area contributed by atoms with Crippen LogP contribution in [-0.2, 0) is 59.1 Å². The van der Waals surface area contributed by atoms with Crippen LogP contribution in [0.4, 0.5) is 8.78 Å². The van der Waals surface area contributed by atoms with E-state index in [0.29, 0.717) is 19.3 Å². The van der Waals surface area contributed by atoms with E-state index in [9.17, 15) is 46.0 Å². The number of fused-ring (bicyclic) bond motifs is 1. The van der Waals surface area contributed by atoms with Crippen molar-refractivity contribution in [2.75, 3.05) is 0 Å². The van der Waals surface area contributed by atoms with Crippen molar-refractivity contribution in [2.24, 2.45) is 35.5 Å². The minimum absolute atomic E-state index is 0.0146. The molecule has 7 atom stereocenters. The summed E-state index contributed by atoms with van der Waals surface area (Å²) in [5.41, 5.74) is -0.910. The van der Waals surface area contributed by atoms with Crippen LogP contribution in [-0.4, -0.2) is 76.7 Å². The number of esters is 4. The van der Waals surface area contributed by atoms with Crippen LogP contribution in [0.3, 0.4) is 0 Å². The van der Waals surface area contributed by atoms with E-state index in [-0.39, 0.29) is 28.3 Å². The van der Waals surface area contributed by atoms with Crippen LogP contribution in [0.5, 0.6) is 0 Å². The highest BCUT2D eigenvalue weighted by Gasteiger charge is 2.70. The summed E-state index contributed by atoms with van der Waals surface area (Å²) in [6.45, 7) is 8.71. The molecule has 1 heterocycles. The van der Waals surface area contributed by atoms with Crippen LogP contribution >= 0.6 is 0 Å². The first-order valence-electron chi connectivity index (χ1n) is 23.0. The minimum Gasteiger partial charge on any atom is -0.743 e. The molecule has 0 amide bonds. The Bertz CT molecular complexity index is 2140. The molecule has 4 saturated carbocycles. The molecule has 1 saturated heterocycles. The fraction of sp³-hybridized carbons (Fsp3) is 0.560. The van der Waals surface area contributed by atoms with Crippen LogP contribution in [0.2, 0.25) is 0 Å². The molecule has 16 heteroatoms. The number of hydrogen-bond acceptors (Lipinski definition) is 12. The molecule has 7 unspecified atom stereocenters. The third kappa shape index (κ3) is 11.3. The summed E-state index contributed by atoms with van der Waals surface area (Å²) in [6, 6.07) is 32.2. The maximum atomic E-state index is 13.5. The number of carbonyl (C=O) groups excluding carboxylic acids is 4. The van der Waals surface area contributed by atoms with Crippen molar-refractivity contribution < 1.29 is 65.0 Å². The summed E-state index contributed by atoms with van der Waals surface area (Å²) >= 11 is 0. The molecule has 0 radical (unpaired) electrons. The van der Waals surface area contributed by atoms with Gasteiger partial charge < -0.3 is 28.6 Å². The normalized spacial score (nSPS) is 25.1. The third-order valence-electron chi connectivity index (χ3n) is 14.0. The van der Waals surface area contributed by atoms with E-state index in [2.05, 4.69) is 110 Å². The third-order valence-corrected chi connectivity index (χ3v) is 17.2. The second-order valence-electron chi connectivity index (χ2n) is 18.7. The highest BCUT2D eigenvalue weighted by atomic mass is 32.2. The maximum Gasteiger partial charge on any atom is 0.369 e. The van der Waals surface area contributed by atoms with Gasteiger partial charge in [-0.1, -0.05) is 95.1 Å². The largest absolute Gasteiger partial charge is 0.743 e. The lowest BCUT2D eigenvalue weighted by Gasteiger charge is -2.37. The van der Waals surface area contributed by atoms with Crippen molar-refractivity contribution >= 4 is 44.9 Å². The number of benzene rings is 3. The fourth-order valence-electron chi connectivity index (χ4n) is 10.1. The first-order valence-corrected chi connectivity index (χ1v) is 25.6. The molecule has 4 aliphatic carbocycles. The van der Waals surface area contributed by atoms with Gasteiger partial charge in [-0.2, -0.15) is 8.78 Å². The van der Waals surface area contributed by atoms with Gasteiger partial charge in [-0.15, -0.1) is 0 Å². The van der Waals surface area contributed by atoms with E-state index in [1.165, 1.54) is 27.5 Å². The predicted octanol–water partition coefficient (Wildman–Crippen LogP) is 8.80. The fourth-order valence-corrected chi connectivity index (χ4v) is 12.7. The Morgan fingerprint density at radius 2 is 1.24 bits per heavy atom. The van der Waals surface area contributed by atoms with Gasteiger partial charge in [0.15, 0.2) is 30.9 Å². The molecular weight excluding hydrogens is 895 g/mol. The van der Waals surface area contributed by atoms with E-state index in [0.717, 1.165) is 38.5 Å². The number of alkyl halides is 2. The van der Waals surface area contributed by atoms with Crippen molar-refractivity contribution in [2.45, 2.75) is 155 Å². The number of ether oxygens (including phenoxy) is 4. The van der Waals surface area contributed by atoms with Gasteiger partial charge in [0, 0.05) is 11.8 Å². The van der Waals surface area contributed by atoms with Crippen LogP contribution in [0.25, 0.3) is 0 Å². The standard InChI is InChI=1S/C24H32F2O11S.C18H15S.C8H16O/c1-11(2)23(8-4-5-9-23)37-22(30)18-14-10-13-17(18)21(29)36-20(13)19(14)35-16(28)7-6-15(27)34-12(3)24(25,26)38(31,32)33;1-4-10-16(11-5-1)19(17-12-6-2-7-13-17)18-14-8-3-9-15-18;1-7(2)8(9)5-3-4-6-8/h11-14,17-20H,4-10H2,1-3H3,(H,31,32,33);1-15H;7,9H,3-6H2,1-2H3/q;+1;/p-1. The Morgan fingerprint density at radius 1 is 0.773 bits per heavy atom. The monoisotopic (exact) mass is 956 g/mol. The molecule has 5 fully saturated rings. The molecule has 66 heavy (non-hydrogen) atoms. The molecule has 1 aliphatic heterocycles. The summed E-state index contributed by atoms with van der Waals surface area (Å²) in [6.07, 6.45) is 2.66. The van der Waals surface area contributed by atoms with Crippen molar-refractivity contribution in [1.82, 2.24) is 0 Å². The molecule has 1 N–H and O–H groups in total. The van der Waals surface area contributed by atoms with Crippen LogP contribution in [0, 0.1) is 35.5 Å². The smallest absolute Gasteiger partial charge is 0.369 e. The molecule has 3 aromatic carbocycles. The highest BCUT2D eigenvalue weighted by molar-refractivity contribution is 7.97. The van der Waals surface area contributed by atoms with E-state index in [1.54, 1.807) is 0 Å². The zero-order valence-electron chi connectivity index (χ0n) is 38.1. The summed E-state index contributed by atoms with van der Waals surface area (Å²) in [4.78, 5) is 54.4. The minimum atomic E-state index is -6.07. The molecule has 360 valence electrons. The first-order chi connectivity index (χ1) is 31.2. The Labute approximate surface area is 389 Å². The second-order valence-corrected chi connectivity index (χ2v) is 22.2. The summed E-state index contributed by atoms with van der Waals surface area (Å²) in [5.74, 6) is -5.12. The quantitative estimate of drug-likeness (QED) is 0.0703. The number of hydrogen-bond donors (Lipinski definition) is 1. The van der Waals surface area contributed by atoms with Crippen molar-refractivity contribution in [3.8, 4) is 0 Å². The SMILES string of the molecule is CC(C)C1(O)CCCC1.CC(C)C1(OC(=O)C2C3CC4C(OC(=O)C42)C3OC(=O)CCC(=O)OC(C)C(F)(F)S(=O)(=O)[O-])CCCC1.c1ccc([S+](c2ccccc2)c2ccccc2)cc1. The van der Waals surface area contributed by atoms with Gasteiger partial charge in [-0.3, -0.25) is 19.2 Å². The zero-order chi connectivity index (χ0) is 48.0. The molecule has 2 bridgehead atoms. The topological polar surface area (TPSA) is 183 Å². The molecule has 12 nitrogen and oxygen atoms in total. The van der Waals surface area contributed by atoms with E-state index < -0.39 is 93.8 Å². The lowest BCUT2D eigenvalue weighted by atomic mass is 9.78. The average molecular weight is 957 g/mol. The Balaban J connectivity index is 0.000000210. The zero-order valence-corrected chi connectivity index (χ0v) is 39.8. The molecular formula is C50H62F2O12S2. The van der Waals surface area contributed by atoms with Gasteiger partial charge >= 0.3 is 29.1 Å². The van der Waals surface area contributed by atoms with Crippen molar-refractivity contribution in [3.63, 3.8) is 0 Å². The van der Waals surface area contributed by atoms with Gasteiger partial charge in [0.2, 0.25) is 0 Å². The number of rotatable bonds is 14. The van der Waals surface area contributed by atoms with Gasteiger partial charge in [0.1, 0.15) is 17.8 Å². The molecule has 0 spiro atoms. The number of carbonyl (C=O) groups is 4.